The standard InChI is InChI=1S/C15H17FN2OS/c16-12-1-2-14(19)13(9-12)15(11-3-8-20-10-11)18-6-4-17-5-7-18/h1-3,8-10,15,17,19H,4-7H2/t15-/m0/s1. The van der Waals surface area contributed by atoms with Gasteiger partial charge in [-0.15, -0.1) is 0 Å². The molecule has 1 aliphatic heterocycles. The molecule has 1 aromatic carbocycles. The summed E-state index contributed by atoms with van der Waals surface area (Å²) in [5.41, 5.74) is 1.75. The van der Waals surface area contributed by atoms with Gasteiger partial charge < -0.3 is 10.4 Å². The van der Waals surface area contributed by atoms with E-state index in [9.17, 15) is 9.50 Å². The van der Waals surface area contributed by atoms with E-state index < -0.39 is 0 Å². The highest BCUT2D eigenvalue weighted by molar-refractivity contribution is 7.08. The van der Waals surface area contributed by atoms with Crippen molar-refractivity contribution in [2.75, 3.05) is 26.2 Å². The Kier molecular flexibility index (Phi) is 4.00. The van der Waals surface area contributed by atoms with E-state index in [2.05, 4.69) is 15.6 Å². The van der Waals surface area contributed by atoms with E-state index in [-0.39, 0.29) is 17.6 Å². The molecule has 1 fully saturated rings. The topological polar surface area (TPSA) is 35.5 Å². The Bertz CT molecular complexity index is 567. The normalized spacial score (nSPS) is 18.1. The number of thiophene rings is 1. The van der Waals surface area contributed by atoms with Crippen LogP contribution in [-0.4, -0.2) is 36.2 Å². The molecule has 2 heterocycles. The molecule has 1 aliphatic rings. The summed E-state index contributed by atoms with van der Waals surface area (Å²) >= 11 is 1.62. The first kappa shape index (κ1) is 13.5. The van der Waals surface area contributed by atoms with Crippen LogP contribution in [0.5, 0.6) is 5.75 Å². The molecule has 2 aromatic rings. The summed E-state index contributed by atoms with van der Waals surface area (Å²) in [6.45, 7) is 3.60. The molecule has 1 saturated heterocycles. The van der Waals surface area contributed by atoms with Gasteiger partial charge in [-0.3, -0.25) is 4.90 Å². The van der Waals surface area contributed by atoms with Crippen molar-refractivity contribution in [3.63, 3.8) is 0 Å². The van der Waals surface area contributed by atoms with Gasteiger partial charge in [-0.05, 0) is 40.6 Å². The number of aromatic hydroxyl groups is 1. The Balaban J connectivity index is 2.02. The fourth-order valence-corrected chi connectivity index (χ4v) is 3.38. The lowest BCUT2D eigenvalue weighted by Gasteiger charge is -2.35. The first-order valence-corrected chi connectivity index (χ1v) is 7.65. The van der Waals surface area contributed by atoms with Crippen LogP contribution in [0.2, 0.25) is 0 Å². The van der Waals surface area contributed by atoms with Crippen LogP contribution in [0, 0.1) is 5.82 Å². The van der Waals surface area contributed by atoms with Gasteiger partial charge in [-0.1, -0.05) is 0 Å². The van der Waals surface area contributed by atoms with Crippen molar-refractivity contribution >= 4 is 11.3 Å². The minimum absolute atomic E-state index is 0.0842. The van der Waals surface area contributed by atoms with Crippen molar-refractivity contribution in [2.45, 2.75) is 6.04 Å². The van der Waals surface area contributed by atoms with E-state index in [1.165, 1.54) is 18.2 Å². The number of nitrogens with zero attached hydrogens (tertiary/aromatic N) is 1. The second-order valence-corrected chi connectivity index (χ2v) is 5.73. The molecule has 1 atom stereocenters. The lowest BCUT2D eigenvalue weighted by Crippen LogP contribution is -2.45. The lowest BCUT2D eigenvalue weighted by molar-refractivity contribution is 0.196. The van der Waals surface area contributed by atoms with Crippen LogP contribution in [0.15, 0.2) is 35.0 Å². The number of nitrogens with one attached hydrogen (secondary N) is 1. The van der Waals surface area contributed by atoms with E-state index in [4.69, 9.17) is 0 Å². The zero-order valence-corrected chi connectivity index (χ0v) is 11.9. The van der Waals surface area contributed by atoms with Gasteiger partial charge in [0.25, 0.3) is 0 Å². The Labute approximate surface area is 121 Å². The van der Waals surface area contributed by atoms with E-state index in [0.29, 0.717) is 5.56 Å². The summed E-state index contributed by atoms with van der Waals surface area (Å²) < 4.78 is 13.6. The molecule has 2 N–H and O–H groups in total. The third-order valence-corrected chi connectivity index (χ3v) is 4.36. The number of halogens is 1. The van der Waals surface area contributed by atoms with Crippen molar-refractivity contribution in [3.05, 3.63) is 52.0 Å². The van der Waals surface area contributed by atoms with Crippen molar-refractivity contribution in [1.29, 1.82) is 0 Å². The monoisotopic (exact) mass is 292 g/mol. The highest BCUT2D eigenvalue weighted by atomic mass is 32.1. The first-order valence-electron chi connectivity index (χ1n) is 6.71. The van der Waals surface area contributed by atoms with Crippen LogP contribution < -0.4 is 5.32 Å². The molecule has 0 spiro atoms. The minimum atomic E-state index is -0.312. The van der Waals surface area contributed by atoms with Gasteiger partial charge in [0.2, 0.25) is 0 Å². The number of phenolic OH excluding ortho intramolecular Hbond substituents is 1. The molecular weight excluding hydrogens is 275 g/mol. The van der Waals surface area contributed by atoms with Gasteiger partial charge >= 0.3 is 0 Å². The largest absolute Gasteiger partial charge is 0.508 e. The lowest BCUT2D eigenvalue weighted by atomic mass is 9.97. The van der Waals surface area contributed by atoms with Crippen LogP contribution in [0.25, 0.3) is 0 Å². The molecule has 0 radical (unpaired) electrons. The van der Waals surface area contributed by atoms with Gasteiger partial charge in [0.05, 0.1) is 6.04 Å². The number of hydrogen-bond donors (Lipinski definition) is 2. The minimum Gasteiger partial charge on any atom is -0.508 e. The quantitative estimate of drug-likeness (QED) is 0.913. The molecule has 3 nitrogen and oxygen atoms in total. The molecule has 0 unspecified atom stereocenters. The summed E-state index contributed by atoms with van der Waals surface area (Å²) in [6.07, 6.45) is 0. The smallest absolute Gasteiger partial charge is 0.123 e. The average Bonchev–Trinajstić information content (AvgIpc) is 2.98. The Hall–Kier alpha value is -1.43. The molecule has 0 saturated carbocycles. The van der Waals surface area contributed by atoms with Crippen LogP contribution >= 0.6 is 11.3 Å². The van der Waals surface area contributed by atoms with Crippen molar-refractivity contribution < 1.29 is 9.50 Å². The van der Waals surface area contributed by atoms with E-state index in [1.54, 1.807) is 11.3 Å². The Morgan fingerprint density at radius 2 is 2.05 bits per heavy atom. The molecule has 106 valence electrons. The first-order chi connectivity index (χ1) is 9.75. The van der Waals surface area contributed by atoms with Gasteiger partial charge in [0, 0.05) is 31.7 Å². The molecular formula is C15H17FN2OS. The van der Waals surface area contributed by atoms with Gasteiger partial charge in [-0.2, -0.15) is 11.3 Å². The second-order valence-electron chi connectivity index (χ2n) is 4.95. The highest BCUT2D eigenvalue weighted by Gasteiger charge is 2.26. The van der Waals surface area contributed by atoms with Crippen molar-refractivity contribution in [2.24, 2.45) is 0 Å². The van der Waals surface area contributed by atoms with Crippen molar-refractivity contribution in [1.82, 2.24) is 10.2 Å². The predicted octanol–water partition coefficient (Wildman–Crippen LogP) is 2.59. The summed E-state index contributed by atoms with van der Waals surface area (Å²) in [5.74, 6) is -0.158. The predicted molar refractivity (Wildman–Crippen MR) is 78.7 cm³/mol. The third kappa shape index (κ3) is 2.70. The van der Waals surface area contributed by atoms with Crippen LogP contribution in [0.3, 0.4) is 0 Å². The average molecular weight is 292 g/mol. The Morgan fingerprint density at radius 1 is 1.25 bits per heavy atom. The molecule has 5 heteroatoms. The highest BCUT2D eigenvalue weighted by Crippen LogP contribution is 2.35. The molecule has 0 bridgehead atoms. The molecule has 1 aromatic heterocycles. The van der Waals surface area contributed by atoms with Crippen LogP contribution in [-0.2, 0) is 0 Å². The molecule has 0 aliphatic carbocycles. The van der Waals surface area contributed by atoms with Crippen LogP contribution in [0.1, 0.15) is 17.2 Å². The third-order valence-electron chi connectivity index (χ3n) is 3.66. The number of phenols is 1. The van der Waals surface area contributed by atoms with Gasteiger partial charge in [0.1, 0.15) is 11.6 Å². The summed E-state index contributed by atoms with van der Waals surface area (Å²) in [7, 11) is 0. The van der Waals surface area contributed by atoms with Crippen LogP contribution in [0.4, 0.5) is 4.39 Å². The fraction of sp³-hybridized carbons (Fsp3) is 0.333. The van der Waals surface area contributed by atoms with E-state index >= 15 is 0 Å². The maximum Gasteiger partial charge on any atom is 0.123 e. The zero-order valence-electron chi connectivity index (χ0n) is 11.1. The molecule has 20 heavy (non-hydrogen) atoms. The molecule has 3 rings (SSSR count). The summed E-state index contributed by atoms with van der Waals surface area (Å²) in [4.78, 5) is 2.28. The SMILES string of the molecule is Oc1ccc(F)cc1[C@H](c1ccsc1)N1CCNCC1. The number of hydrogen-bond acceptors (Lipinski definition) is 4. The number of piperazine rings is 1. The Morgan fingerprint density at radius 3 is 2.75 bits per heavy atom. The summed E-state index contributed by atoms with van der Waals surface area (Å²) in [6, 6.07) is 6.13. The molecule has 0 amide bonds. The summed E-state index contributed by atoms with van der Waals surface area (Å²) in [5, 5.41) is 17.5. The van der Waals surface area contributed by atoms with Crippen molar-refractivity contribution in [3.8, 4) is 5.75 Å². The van der Waals surface area contributed by atoms with Gasteiger partial charge in [-0.25, -0.2) is 4.39 Å². The number of benzene rings is 1. The maximum absolute atomic E-state index is 13.6. The number of rotatable bonds is 3. The van der Waals surface area contributed by atoms with E-state index in [0.717, 1.165) is 31.7 Å². The van der Waals surface area contributed by atoms with E-state index in [1.807, 2.05) is 11.4 Å². The maximum atomic E-state index is 13.6. The van der Waals surface area contributed by atoms with Gasteiger partial charge in [0.15, 0.2) is 0 Å². The zero-order chi connectivity index (χ0) is 13.9. The second kappa shape index (κ2) is 5.91. The fourth-order valence-electron chi connectivity index (χ4n) is 2.70.